The molecule has 138 valence electrons. The molecule has 7 heteroatoms. The summed E-state index contributed by atoms with van der Waals surface area (Å²) in [5, 5.41) is 2.59. The van der Waals surface area contributed by atoms with Gasteiger partial charge in [-0.1, -0.05) is 19.1 Å². The quantitative estimate of drug-likeness (QED) is 0.344. The SMILES string of the molecule is C=CCN1C(=O)/C(=C\c2ccc(O[C@@H](C)CC)c(OC)c2)C(=O)NC1=S. The molecule has 1 aliphatic heterocycles. The van der Waals surface area contributed by atoms with Crippen LogP contribution < -0.4 is 14.8 Å². The standard InChI is InChI=1S/C19H22N2O4S/c1-5-9-21-18(23)14(17(22)20-19(21)26)10-13-7-8-15(16(11-13)24-4)25-12(3)6-2/h5,7-8,10-12H,1,6,9H2,2-4H3,(H,20,22,26)/b14-10-/t12-/m0/s1. The Hall–Kier alpha value is -2.67. The van der Waals surface area contributed by atoms with Crippen LogP contribution in [0, 0.1) is 0 Å². The Labute approximate surface area is 158 Å². The van der Waals surface area contributed by atoms with Gasteiger partial charge in [-0.25, -0.2) is 0 Å². The van der Waals surface area contributed by atoms with Gasteiger partial charge < -0.3 is 9.47 Å². The lowest BCUT2D eigenvalue weighted by Gasteiger charge is -2.27. The van der Waals surface area contributed by atoms with E-state index in [1.165, 1.54) is 11.0 Å². The Kier molecular flexibility index (Phi) is 6.52. The highest BCUT2D eigenvalue weighted by atomic mass is 32.1. The second-order valence-electron chi connectivity index (χ2n) is 5.77. The average molecular weight is 374 g/mol. The van der Waals surface area contributed by atoms with Crippen molar-refractivity contribution in [2.45, 2.75) is 26.4 Å². The van der Waals surface area contributed by atoms with Crippen molar-refractivity contribution in [3.63, 3.8) is 0 Å². The summed E-state index contributed by atoms with van der Waals surface area (Å²) in [6.07, 6.45) is 3.96. The van der Waals surface area contributed by atoms with Crippen LogP contribution in [0.15, 0.2) is 36.4 Å². The molecular weight excluding hydrogens is 352 g/mol. The molecular formula is C19H22N2O4S. The summed E-state index contributed by atoms with van der Waals surface area (Å²) in [5.74, 6) is 0.149. The zero-order valence-corrected chi connectivity index (χ0v) is 15.9. The number of rotatable bonds is 7. The summed E-state index contributed by atoms with van der Waals surface area (Å²) in [7, 11) is 1.54. The first-order chi connectivity index (χ1) is 12.4. The maximum atomic E-state index is 12.6. The van der Waals surface area contributed by atoms with E-state index in [-0.39, 0.29) is 23.3 Å². The van der Waals surface area contributed by atoms with Gasteiger partial charge >= 0.3 is 0 Å². The van der Waals surface area contributed by atoms with Crippen LogP contribution in [0.25, 0.3) is 6.08 Å². The van der Waals surface area contributed by atoms with Gasteiger partial charge in [-0.2, -0.15) is 0 Å². The van der Waals surface area contributed by atoms with Crippen LogP contribution in [0.5, 0.6) is 11.5 Å². The zero-order valence-electron chi connectivity index (χ0n) is 15.1. The normalized spacial score (nSPS) is 17.1. The molecule has 0 bridgehead atoms. The smallest absolute Gasteiger partial charge is 0.265 e. The first kappa shape index (κ1) is 19.7. The van der Waals surface area contributed by atoms with Gasteiger partial charge in [0.1, 0.15) is 5.57 Å². The molecule has 1 atom stereocenters. The highest BCUT2D eigenvalue weighted by Gasteiger charge is 2.32. The van der Waals surface area contributed by atoms with Crippen LogP contribution in [0.1, 0.15) is 25.8 Å². The van der Waals surface area contributed by atoms with Gasteiger partial charge in [-0.05, 0) is 49.3 Å². The maximum Gasteiger partial charge on any atom is 0.265 e. The molecule has 0 saturated carbocycles. The number of amides is 2. The fourth-order valence-electron chi connectivity index (χ4n) is 2.33. The van der Waals surface area contributed by atoms with Crippen LogP contribution in [0.2, 0.25) is 0 Å². The summed E-state index contributed by atoms with van der Waals surface area (Å²) in [4.78, 5) is 26.0. The molecule has 6 nitrogen and oxygen atoms in total. The summed E-state index contributed by atoms with van der Waals surface area (Å²) in [6.45, 7) is 7.82. The van der Waals surface area contributed by atoms with Gasteiger partial charge in [-0.3, -0.25) is 19.8 Å². The average Bonchev–Trinajstić information content (AvgIpc) is 2.63. The van der Waals surface area contributed by atoms with E-state index in [9.17, 15) is 9.59 Å². The van der Waals surface area contributed by atoms with Crippen molar-refractivity contribution in [3.8, 4) is 11.5 Å². The van der Waals surface area contributed by atoms with Crippen LogP contribution in [0.4, 0.5) is 0 Å². The minimum Gasteiger partial charge on any atom is -0.493 e. The Balaban J connectivity index is 2.35. The Morgan fingerprint density at radius 3 is 2.69 bits per heavy atom. The third-order valence-corrected chi connectivity index (χ3v) is 4.22. The van der Waals surface area contributed by atoms with Gasteiger partial charge in [0, 0.05) is 6.54 Å². The number of carbonyl (C=O) groups is 2. The van der Waals surface area contributed by atoms with Gasteiger partial charge in [0.15, 0.2) is 16.6 Å². The van der Waals surface area contributed by atoms with Crippen LogP contribution in [-0.4, -0.2) is 41.6 Å². The molecule has 2 amide bonds. The van der Waals surface area contributed by atoms with Crippen LogP contribution >= 0.6 is 12.2 Å². The number of ether oxygens (including phenoxy) is 2. The fourth-order valence-corrected chi connectivity index (χ4v) is 2.58. The summed E-state index contributed by atoms with van der Waals surface area (Å²) in [5.41, 5.74) is 0.640. The third-order valence-electron chi connectivity index (χ3n) is 3.90. The molecule has 1 heterocycles. The van der Waals surface area contributed by atoms with E-state index in [2.05, 4.69) is 11.9 Å². The molecule has 0 spiro atoms. The largest absolute Gasteiger partial charge is 0.493 e. The zero-order chi connectivity index (χ0) is 19.3. The summed E-state index contributed by atoms with van der Waals surface area (Å²) >= 11 is 5.03. The first-order valence-corrected chi connectivity index (χ1v) is 8.66. The number of hydrogen-bond acceptors (Lipinski definition) is 5. The first-order valence-electron chi connectivity index (χ1n) is 8.25. The minimum absolute atomic E-state index is 0.00176. The topological polar surface area (TPSA) is 67.9 Å². The van der Waals surface area contributed by atoms with Crippen molar-refractivity contribution in [1.29, 1.82) is 0 Å². The highest BCUT2D eigenvalue weighted by Crippen LogP contribution is 2.30. The fraction of sp³-hybridized carbons (Fsp3) is 0.316. The van der Waals surface area contributed by atoms with Crippen molar-refractivity contribution >= 4 is 35.2 Å². The maximum absolute atomic E-state index is 12.6. The number of methoxy groups -OCH3 is 1. The van der Waals surface area contributed by atoms with Crippen molar-refractivity contribution in [2.75, 3.05) is 13.7 Å². The van der Waals surface area contributed by atoms with Gasteiger partial charge in [-0.15, -0.1) is 6.58 Å². The van der Waals surface area contributed by atoms with Crippen LogP contribution in [-0.2, 0) is 9.59 Å². The molecule has 1 fully saturated rings. The molecule has 0 radical (unpaired) electrons. The van der Waals surface area contributed by atoms with Crippen molar-refractivity contribution in [2.24, 2.45) is 0 Å². The summed E-state index contributed by atoms with van der Waals surface area (Å²) in [6, 6.07) is 5.24. The summed E-state index contributed by atoms with van der Waals surface area (Å²) < 4.78 is 11.2. The third kappa shape index (κ3) is 4.29. The molecule has 1 N–H and O–H groups in total. The minimum atomic E-state index is -0.529. The lowest BCUT2D eigenvalue weighted by atomic mass is 10.1. The van der Waals surface area contributed by atoms with Crippen LogP contribution in [0.3, 0.4) is 0 Å². The number of benzene rings is 1. The Morgan fingerprint density at radius 1 is 1.35 bits per heavy atom. The van der Waals surface area contributed by atoms with E-state index >= 15 is 0 Å². The number of carbonyl (C=O) groups excluding carboxylic acids is 2. The predicted molar refractivity (Wildman–Crippen MR) is 104 cm³/mol. The van der Waals surface area contributed by atoms with Gasteiger partial charge in [0.2, 0.25) is 0 Å². The lowest BCUT2D eigenvalue weighted by molar-refractivity contribution is -0.128. The van der Waals surface area contributed by atoms with E-state index < -0.39 is 11.8 Å². The Bertz CT molecular complexity index is 773. The number of thiocarbonyl (C=S) groups is 1. The van der Waals surface area contributed by atoms with Crippen molar-refractivity contribution in [3.05, 3.63) is 42.0 Å². The van der Waals surface area contributed by atoms with E-state index in [4.69, 9.17) is 21.7 Å². The van der Waals surface area contributed by atoms with Gasteiger partial charge in [0.25, 0.3) is 11.8 Å². The highest BCUT2D eigenvalue weighted by molar-refractivity contribution is 7.80. The van der Waals surface area contributed by atoms with E-state index in [0.29, 0.717) is 17.1 Å². The molecule has 2 rings (SSSR count). The molecule has 26 heavy (non-hydrogen) atoms. The van der Waals surface area contributed by atoms with E-state index in [0.717, 1.165) is 6.42 Å². The molecule has 1 saturated heterocycles. The van der Waals surface area contributed by atoms with E-state index in [1.807, 2.05) is 13.8 Å². The van der Waals surface area contributed by atoms with E-state index in [1.54, 1.807) is 31.4 Å². The molecule has 1 aromatic carbocycles. The lowest BCUT2D eigenvalue weighted by Crippen LogP contribution is -2.53. The predicted octanol–water partition coefficient (Wildman–Crippen LogP) is 2.69. The van der Waals surface area contributed by atoms with Crippen molar-refractivity contribution < 1.29 is 19.1 Å². The number of nitrogens with one attached hydrogen (secondary N) is 1. The second kappa shape index (κ2) is 8.62. The van der Waals surface area contributed by atoms with Crippen molar-refractivity contribution in [1.82, 2.24) is 10.2 Å². The Morgan fingerprint density at radius 2 is 2.08 bits per heavy atom. The monoisotopic (exact) mass is 374 g/mol. The molecule has 0 aliphatic carbocycles. The molecule has 0 unspecified atom stereocenters. The molecule has 1 aromatic rings. The number of nitrogens with zero attached hydrogens (tertiary/aromatic N) is 1. The number of hydrogen-bond donors (Lipinski definition) is 1. The second-order valence-corrected chi connectivity index (χ2v) is 6.16. The molecule has 0 aromatic heterocycles. The molecule has 1 aliphatic rings. The van der Waals surface area contributed by atoms with Gasteiger partial charge in [0.05, 0.1) is 13.2 Å².